The summed E-state index contributed by atoms with van der Waals surface area (Å²) in [5, 5.41) is 9.03. The van der Waals surface area contributed by atoms with Gasteiger partial charge in [-0.1, -0.05) is 12.1 Å². The van der Waals surface area contributed by atoms with Crippen molar-refractivity contribution in [3.05, 3.63) is 53.0 Å². The minimum atomic E-state index is -0.920. The summed E-state index contributed by atoms with van der Waals surface area (Å²) in [6, 6.07) is 6.88. The Balaban J connectivity index is 2.03. The molecule has 0 amide bonds. The van der Waals surface area contributed by atoms with Crippen LogP contribution in [-0.2, 0) is 11.2 Å². The van der Waals surface area contributed by atoms with Crippen LogP contribution < -0.4 is 4.74 Å². The maximum absolute atomic E-state index is 11.9. The molecule has 1 aromatic carbocycles. The van der Waals surface area contributed by atoms with E-state index in [1.807, 2.05) is 0 Å². The molecule has 102 valence electrons. The number of hydrogen-bond acceptors (Lipinski definition) is 4. The van der Waals surface area contributed by atoms with E-state index >= 15 is 0 Å². The minimum Gasteiger partial charge on any atom is -0.481 e. The minimum absolute atomic E-state index is 0.203. The standard InChI is InChI=1S/C15H12O5/c1-8(14(16)17)9-2-3-10-6-11-4-5-19-13(11)15(18)20-12(10)7-9/h2-5,7-8H,6H2,1H3,(H,16,17). The molecule has 1 aliphatic heterocycles. The third-order valence-electron chi connectivity index (χ3n) is 3.48. The summed E-state index contributed by atoms with van der Waals surface area (Å²) < 4.78 is 10.4. The number of aliphatic carboxylic acids is 1. The third kappa shape index (κ3) is 1.97. The second kappa shape index (κ2) is 4.52. The van der Waals surface area contributed by atoms with Crippen molar-refractivity contribution in [3.8, 4) is 5.75 Å². The van der Waals surface area contributed by atoms with E-state index in [1.165, 1.54) is 6.26 Å². The average Bonchev–Trinajstić information content (AvgIpc) is 2.83. The second-order valence-electron chi connectivity index (χ2n) is 4.77. The fourth-order valence-corrected chi connectivity index (χ4v) is 2.23. The van der Waals surface area contributed by atoms with Crippen molar-refractivity contribution in [2.75, 3.05) is 0 Å². The number of benzene rings is 1. The molecule has 1 aromatic heterocycles. The number of furan rings is 1. The molecule has 2 aromatic rings. The average molecular weight is 272 g/mol. The maximum Gasteiger partial charge on any atom is 0.379 e. The van der Waals surface area contributed by atoms with Crippen molar-refractivity contribution in [1.82, 2.24) is 0 Å². The number of esters is 1. The Morgan fingerprint density at radius 3 is 2.85 bits per heavy atom. The van der Waals surface area contributed by atoms with Crippen molar-refractivity contribution in [1.29, 1.82) is 0 Å². The van der Waals surface area contributed by atoms with Gasteiger partial charge in [0.05, 0.1) is 12.2 Å². The van der Waals surface area contributed by atoms with E-state index in [0.717, 1.165) is 11.1 Å². The van der Waals surface area contributed by atoms with Crippen LogP contribution in [0.5, 0.6) is 5.75 Å². The maximum atomic E-state index is 11.9. The smallest absolute Gasteiger partial charge is 0.379 e. The topological polar surface area (TPSA) is 76.7 Å². The van der Waals surface area contributed by atoms with Crippen LogP contribution in [0.15, 0.2) is 34.9 Å². The molecule has 0 bridgehead atoms. The lowest BCUT2D eigenvalue weighted by Crippen LogP contribution is -2.10. The molecule has 3 rings (SSSR count). The van der Waals surface area contributed by atoms with Crippen LogP contribution in [0.3, 0.4) is 0 Å². The van der Waals surface area contributed by atoms with E-state index in [2.05, 4.69) is 0 Å². The van der Waals surface area contributed by atoms with Gasteiger partial charge >= 0.3 is 11.9 Å². The first-order chi connectivity index (χ1) is 9.56. The number of fused-ring (bicyclic) bond motifs is 2. The molecular weight excluding hydrogens is 260 g/mol. The fraction of sp³-hybridized carbons (Fsp3) is 0.200. The van der Waals surface area contributed by atoms with Crippen LogP contribution in [0.2, 0.25) is 0 Å². The van der Waals surface area contributed by atoms with Crippen molar-refractivity contribution in [2.24, 2.45) is 0 Å². The zero-order valence-corrected chi connectivity index (χ0v) is 10.8. The summed E-state index contributed by atoms with van der Waals surface area (Å²) in [6.07, 6.45) is 1.98. The van der Waals surface area contributed by atoms with Crippen molar-refractivity contribution < 1.29 is 23.8 Å². The Kier molecular flexibility index (Phi) is 2.82. The SMILES string of the molecule is CC(C(=O)O)c1ccc2c(c1)OC(=O)c1occc1C2. The lowest BCUT2D eigenvalue weighted by molar-refractivity contribution is -0.138. The quantitative estimate of drug-likeness (QED) is 0.671. The zero-order valence-electron chi connectivity index (χ0n) is 10.8. The van der Waals surface area contributed by atoms with Crippen molar-refractivity contribution in [2.45, 2.75) is 19.3 Å². The van der Waals surface area contributed by atoms with Crippen LogP contribution >= 0.6 is 0 Å². The van der Waals surface area contributed by atoms with E-state index < -0.39 is 17.9 Å². The number of ether oxygens (including phenoxy) is 1. The summed E-state index contributed by atoms with van der Waals surface area (Å²) in [7, 11) is 0. The Morgan fingerprint density at radius 2 is 2.10 bits per heavy atom. The van der Waals surface area contributed by atoms with Gasteiger partial charge in [-0.05, 0) is 30.2 Å². The van der Waals surface area contributed by atoms with Crippen LogP contribution in [0.4, 0.5) is 0 Å². The Bertz CT molecular complexity index is 698. The van der Waals surface area contributed by atoms with Gasteiger partial charge in [0.2, 0.25) is 5.76 Å². The zero-order chi connectivity index (χ0) is 14.3. The Morgan fingerprint density at radius 1 is 1.30 bits per heavy atom. The van der Waals surface area contributed by atoms with Crippen molar-refractivity contribution >= 4 is 11.9 Å². The molecule has 1 N–H and O–H groups in total. The third-order valence-corrected chi connectivity index (χ3v) is 3.48. The lowest BCUT2D eigenvalue weighted by atomic mass is 9.97. The first-order valence-electron chi connectivity index (χ1n) is 6.20. The number of carbonyl (C=O) groups excluding carboxylic acids is 1. The van der Waals surface area contributed by atoms with Gasteiger partial charge < -0.3 is 14.3 Å². The van der Waals surface area contributed by atoms with E-state index in [4.69, 9.17) is 14.3 Å². The van der Waals surface area contributed by atoms with Gasteiger partial charge in [0.25, 0.3) is 0 Å². The molecule has 0 spiro atoms. The fourth-order valence-electron chi connectivity index (χ4n) is 2.23. The molecule has 2 heterocycles. The summed E-state index contributed by atoms with van der Waals surface area (Å²) >= 11 is 0. The first-order valence-corrected chi connectivity index (χ1v) is 6.20. The molecular formula is C15H12O5. The lowest BCUT2D eigenvalue weighted by Gasteiger charge is -2.11. The summed E-state index contributed by atoms with van der Waals surface area (Å²) in [6.45, 7) is 1.59. The molecule has 0 saturated heterocycles. The van der Waals surface area contributed by atoms with Crippen LogP contribution in [-0.4, -0.2) is 17.0 Å². The number of carboxylic acids is 1. The van der Waals surface area contributed by atoms with Gasteiger partial charge in [0.15, 0.2) is 0 Å². The Labute approximate surface area is 114 Å². The number of rotatable bonds is 2. The van der Waals surface area contributed by atoms with Crippen molar-refractivity contribution in [3.63, 3.8) is 0 Å². The van der Waals surface area contributed by atoms with E-state index in [-0.39, 0.29) is 5.76 Å². The normalized spacial score (nSPS) is 14.8. The largest absolute Gasteiger partial charge is 0.481 e. The van der Waals surface area contributed by atoms with Gasteiger partial charge in [-0.15, -0.1) is 0 Å². The van der Waals surface area contributed by atoms with E-state index in [0.29, 0.717) is 17.7 Å². The monoisotopic (exact) mass is 272 g/mol. The van der Waals surface area contributed by atoms with E-state index in [9.17, 15) is 9.59 Å². The van der Waals surface area contributed by atoms with Gasteiger partial charge in [0.1, 0.15) is 5.75 Å². The highest BCUT2D eigenvalue weighted by Gasteiger charge is 2.25. The molecule has 0 saturated carbocycles. The van der Waals surface area contributed by atoms with Gasteiger partial charge in [0, 0.05) is 12.0 Å². The summed E-state index contributed by atoms with van der Waals surface area (Å²) in [5.41, 5.74) is 2.20. The second-order valence-corrected chi connectivity index (χ2v) is 4.77. The van der Waals surface area contributed by atoms with Crippen LogP contribution in [0, 0.1) is 0 Å². The molecule has 20 heavy (non-hydrogen) atoms. The Hall–Kier alpha value is -2.56. The molecule has 1 atom stereocenters. The molecule has 0 aliphatic carbocycles. The van der Waals surface area contributed by atoms with Crippen LogP contribution in [0.1, 0.15) is 40.1 Å². The number of carboxylic acid groups (broad SMARTS) is 1. The highest BCUT2D eigenvalue weighted by atomic mass is 16.5. The molecule has 5 heteroatoms. The van der Waals surface area contributed by atoms with Crippen LogP contribution in [0.25, 0.3) is 0 Å². The highest BCUT2D eigenvalue weighted by Crippen LogP contribution is 2.31. The molecule has 0 fully saturated rings. The van der Waals surface area contributed by atoms with Gasteiger partial charge in [-0.3, -0.25) is 4.79 Å². The van der Waals surface area contributed by atoms with E-state index in [1.54, 1.807) is 31.2 Å². The van der Waals surface area contributed by atoms with Gasteiger partial charge in [-0.2, -0.15) is 0 Å². The summed E-state index contributed by atoms with van der Waals surface area (Å²) in [4.78, 5) is 22.9. The molecule has 0 radical (unpaired) electrons. The summed E-state index contributed by atoms with van der Waals surface area (Å²) in [5.74, 6) is -1.53. The van der Waals surface area contributed by atoms with Gasteiger partial charge in [-0.25, -0.2) is 4.79 Å². The molecule has 5 nitrogen and oxygen atoms in total. The molecule has 1 aliphatic rings. The first kappa shape index (κ1) is 12.5. The number of carbonyl (C=O) groups is 2. The predicted molar refractivity (Wildman–Crippen MR) is 69.0 cm³/mol. The number of hydrogen-bond donors (Lipinski definition) is 1. The molecule has 1 unspecified atom stereocenters. The highest BCUT2D eigenvalue weighted by molar-refractivity contribution is 5.91. The predicted octanol–water partition coefficient (Wildman–Crippen LogP) is 2.59.